The first-order chi connectivity index (χ1) is 16.1. The second kappa shape index (κ2) is 10.7. The molecule has 0 atom stereocenters. The van der Waals surface area contributed by atoms with Crippen LogP contribution < -0.4 is 4.74 Å². The molecule has 2 heterocycles. The molecule has 0 aromatic heterocycles. The first-order valence-corrected chi connectivity index (χ1v) is 11.8. The Morgan fingerprint density at radius 2 is 1.88 bits per heavy atom. The van der Waals surface area contributed by atoms with Gasteiger partial charge in [-0.25, -0.2) is 4.99 Å². The van der Waals surface area contributed by atoms with Crippen molar-refractivity contribution in [3.8, 4) is 5.75 Å². The van der Waals surface area contributed by atoms with Crippen molar-refractivity contribution in [3.63, 3.8) is 0 Å². The molecule has 0 spiro atoms. The zero-order valence-electron chi connectivity index (χ0n) is 18.8. The van der Waals surface area contributed by atoms with Crippen LogP contribution in [0.5, 0.6) is 5.75 Å². The fourth-order valence-electron chi connectivity index (χ4n) is 3.59. The summed E-state index contributed by atoms with van der Waals surface area (Å²) >= 11 is 1.33. The van der Waals surface area contributed by atoms with Crippen LogP contribution in [0, 0.1) is 0 Å². The Labute approximate surface area is 198 Å². The molecule has 33 heavy (non-hydrogen) atoms. The number of hydrogen-bond donors (Lipinski definition) is 0. The lowest BCUT2D eigenvalue weighted by Gasteiger charge is -2.26. The summed E-state index contributed by atoms with van der Waals surface area (Å²) in [5.41, 5.74) is 2.74. The van der Waals surface area contributed by atoms with Crippen LogP contribution >= 0.6 is 11.8 Å². The lowest BCUT2D eigenvalue weighted by Crippen LogP contribution is -2.43. The average Bonchev–Trinajstić information content (AvgIpc) is 3.11. The summed E-state index contributed by atoms with van der Waals surface area (Å²) in [6.45, 7) is 4.29. The molecule has 0 radical (unpaired) electrons. The standard InChI is InChI=1S/C25H27N3O4S/c1-3-18-8-4-6-10-20(18)26-25-27(2)24(30)22(33-25)16-19-9-5-7-11-21(19)32-17-23(29)28-12-14-31-15-13-28/h4-11,16H,3,12-15,17H2,1-2H3/b22-16+,26-25?. The first kappa shape index (κ1) is 23.1. The maximum Gasteiger partial charge on any atom is 0.266 e. The van der Waals surface area contributed by atoms with Gasteiger partial charge in [0.1, 0.15) is 5.75 Å². The van der Waals surface area contributed by atoms with Crippen molar-refractivity contribution >= 4 is 40.5 Å². The molecule has 2 aliphatic rings. The highest BCUT2D eigenvalue weighted by atomic mass is 32.2. The van der Waals surface area contributed by atoms with Gasteiger partial charge in [-0.2, -0.15) is 0 Å². The third-order valence-corrected chi connectivity index (χ3v) is 6.57. The van der Waals surface area contributed by atoms with Crippen LogP contribution in [-0.2, 0) is 20.7 Å². The molecule has 0 aliphatic carbocycles. The number of ether oxygens (including phenoxy) is 2. The monoisotopic (exact) mass is 465 g/mol. The van der Waals surface area contributed by atoms with E-state index in [-0.39, 0.29) is 18.4 Å². The Kier molecular flexibility index (Phi) is 7.47. The molecule has 2 aliphatic heterocycles. The molecule has 2 aromatic rings. The van der Waals surface area contributed by atoms with E-state index in [1.54, 1.807) is 29.0 Å². The highest BCUT2D eigenvalue weighted by Gasteiger charge is 2.31. The van der Waals surface area contributed by atoms with Crippen LogP contribution in [0.2, 0.25) is 0 Å². The number of carbonyl (C=O) groups excluding carboxylic acids is 2. The van der Waals surface area contributed by atoms with E-state index in [1.807, 2.05) is 42.5 Å². The molecule has 172 valence electrons. The van der Waals surface area contributed by atoms with Crippen LogP contribution in [0.25, 0.3) is 6.08 Å². The predicted molar refractivity (Wildman–Crippen MR) is 131 cm³/mol. The largest absolute Gasteiger partial charge is 0.483 e. The highest BCUT2D eigenvalue weighted by Crippen LogP contribution is 2.35. The average molecular weight is 466 g/mol. The number of amidine groups is 1. The SMILES string of the molecule is CCc1ccccc1N=C1S/C(=C/c2ccccc2OCC(=O)N2CCOCC2)C(=O)N1C. The van der Waals surface area contributed by atoms with Gasteiger partial charge in [-0.15, -0.1) is 0 Å². The minimum absolute atomic E-state index is 0.0539. The Bertz CT molecular complexity index is 1090. The fraction of sp³-hybridized carbons (Fsp3) is 0.320. The Morgan fingerprint density at radius 1 is 1.15 bits per heavy atom. The zero-order valence-corrected chi connectivity index (χ0v) is 19.6. The summed E-state index contributed by atoms with van der Waals surface area (Å²) in [5.74, 6) is 0.368. The van der Waals surface area contributed by atoms with Crippen molar-refractivity contribution in [2.45, 2.75) is 13.3 Å². The fourth-order valence-corrected chi connectivity index (χ4v) is 4.56. The van der Waals surface area contributed by atoms with Crippen molar-refractivity contribution in [2.75, 3.05) is 40.0 Å². The maximum atomic E-state index is 12.9. The molecule has 7 nitrogen and oxygen atoms in total. The number of nitrogens with zero attached hydrogens (tertiary/aromatic N) is 3. The summed E-state index contributed by atoms with van der Waals surface area (Å²) in [4.78, 5) is 33.9. The van der Waals surface area contributed by atoms with E-state index in [2.05, 4.69) is 6.92 Å². The van der Waals surface area contributed by atoms with Gasteiger partial charge in [0.2, 0.25) is 0 Å². The third kappa shape index (κ3) is 5.46. The number of thioether (sulfide) groups is 1. The molecule has 2 fully saturated rings. The quantitative estimate of drug-likeness (QED) is 0.608. The Morgan fingerprint density at radius 3 is 2.67 bits per heavy atom. The van der Waals surface area contributed by atoms with E-state index in [0.29, 0.717) is 42.1 Å². The molecular formula is C25H27N3O4S. The van der Waals surface area contributed by atoms with Crippen molar-refractivity contribution in [1.29, 1.82) is 0 Å². The van der Waals surface area contributed by atoms with Gasteiger partial charge >= 0.3 is 0 Å². The minimum Gasteiger partial charge on any atom is -0.483 e. The summed E-state index contributed by atoms with van der Waals surface area (Å²) in [6, 6.07) is 15.3. The molecule has 0 saturated carbocycles. The van der Waals surface area contributed by atoms with Crippen molar-refractivity contribution in [1.82, 2.24) is 9.80 Å². The van der Waals surface area contributed by atoms with Crippen molar-refractivity contribution < 1.29 is 19.1 Å². The molecular weight excluding hydrogens is 438 g/mol. The van der Waals surface area contributed by atoms with E-state index >= 15 is 0 Å². The van der Waals surface area contributed by atoms with Crippen molar-refractivity contribution in [3.05, 3.63) is 64.6 Å². The first-order valence-electron chi connectivity index (χ1n) is 11.0. The second-order valence-electron chi connectivity index (χ2n) is 7.67. The van der Waals surface area contributed by atoms with Crippen LogP contribution in [0.15, 0.2) is 58.4 Å². The highest BCUT2D eigenvalue weighted by molar-refractivity contribution is 8.18. The molecule has 8 heteroatoms. The number of rotatable bonds is 6. The molecule has 2 saturated heterocycles. The number of para-hydroxylation sites is 2. The minimum atomic E-state index is -0.119. The predicted octanol–water partition coefficient (Wildman–Crippen LogP) is 3.72. The number of aliphatic imine (C=N–C) groups is 1. The summed E-state index contributed by atoms with van der Waals surface area (Å²) in [7, 11) is 1.73. The van der Waals surface area contributed by atoms with E-state index in [1.165, 1.54) is 11.8 Å². The van der Waals surface area contributed by atoms with Gasteiger partial charge < -0.3 is 14.4 Å². The molecule has 2 amide bonds. The number of carbonyl (C=O) groups is 2. The third-order valence-electron chi connectivity index (χ3n) is 5.51. The summed E-state index contributed by atoms with van der Waals surface area (Å²) in [5, 5.41) is 0.632. The van der Waals surface area contributed by atoms with Gasteiger partial charge in [-0.05, 0) is 42.0 Å². The van der Waals surface area contributed by atoms with E-state index < -0.39 is 0 Å². The van der Waals surface area contributed by atoms with E-state index in [0.717, 1.165) is 23.2 Å². The molecule has 0 bridgehead atoms. The van der Waals surface area contributed by atoms with Crippen LogP contribution in [0.4, 0.5) is 5.69 Å². The van der Waals surface area contributed by atoms with Gasteiger partial charge in [-0.3, -0.25) is 14.5 Å². The molecule has 4 rings (SSSR count). The number of morpholine rings is 1. The summed E-state index contributed by atoms with van der Waals surface area (Å²) in [6.07, 6.45) is 2.66. The summed E-state index contributed by atoms with van der Waals surface area (Å²) < 4.78 is 11.1. The van der Waals surface area contributed by atoms with Crippen LogP contribution in [-0.4, -0.2) is 66.7 Å². The molecule has 0 N–H and O–H groups in total. The lowest BCUT2D eigenvalue weighted by atomic mass is 10.1. The molecule has 0 unspecified atom stereocenters. The smallest absolute Gasteiger partial charge is 0.266 e. The van der Waals surface area contributed by atoms with Crippen LogP contribution in [0.1, 0.15) is 18.1 Å². The van der Waals surface area contributed by atoms with Gasteiger partial charge in [-0.1, -0.05) is 43.3 Å². The van der Waals surface area contributed by atoms with Crippen LogP contribution in [0.3, 0.4) is 0 Å². The van der Waals surface area contributed by atoms with Gasteiger partial charge in [0.25, 0.3) is 11.8 Å². The number of benzene rings is 2. The van der Waals surface area contributed by atoms with Gasteiger partial charge in [0.05, 0.1) is 23.8 Å². The Balaban J connectivity index is 1.51. The van der Waals surface area contributed by atoms with Crippen molar-refractivity contribution in [2.24, 2.45) is 4.99 Å². The van der Waals surface area contributed by atoms with Gasteiger partial charge in [0, 0.05) is 25.7 Å². The Hall–Kier alpha value is -3.10. The molecule has 2 aromatic carbocycles. The number of hydrogen-bond acceptors (Lipinski definition) is 6. The van der Waals surface area contributed by atoms with E-state index in [4.69, 9.17) is 14.5 Å². The second-order valence-corrected chi connectivity index (χ2v) is 8.68. The maximum absolute atomic E-state index is 12.9. The normalized spacial score (nSPS) is 18.9. The number of aryl methyl sites for hydroxylation is 1. The number of likely N-dealkylation sites (N-methyl/N-ethyl adjacent to an activating group) is 1. The lowest BCUT2D eigenvalue weighted by molar-refractivity contribution is -0.137. The van der Waals surface area contributed by atoms with Gasteiger partial charge in [0.15, 0.2) is 11.8 Å². The number of amides is 2. The zero-order chi connectivity index (χ0) is 23.2. The topological polar surface area (TPSA) is 71.4 Å². The van der Waals surface area contributed by atoms with E-state index in [9.17, 15) is 9.59 Å².